The molecule has 0 radical (unpaired) electrons. The zero-order chi connectivity index (χ0) is 44.9. The molecule has 2 unspecified atom stereocenters. The van der Waals surface area contributed by atoms with Crippen LogP contribution in [0.3, 0.4) is 0 Å². The second-order valence-corrected chi connectivity index (χ2v) is 20.9. The Morgan fingerprint density at radius 1 is 0.429 bits per heavy atom. The summed E-state index contributed by atoms with van der Waals surface area (Å²) in [6.07, 6.45) is 2.07. The molecule has 23 heteroatoms. The molecule has 0 aliphatic carbocycles. The second kappa shape index (κ2) is 28.8. The molecule has 2 atom stereocenters. The quantitative estimate of drug-likeness (QED) is 0.0298. The number of benzene rings is 4. The van der Waals surface area contributed by atoms with Gasteiger partial charge in [-0.15, -0.1) is 23.2 Å². The van der Waals surface area contributed by atoms with Crippen LogP contribution in [0, 0.1) is 52.4 Å². The van der Waals surface area contributed by atoms with E-state index in [1.807, 2.05) is 48.5 Å². The van der Waals surface area contributed by atoms with Crippen LogP contribution in [0.1, 0.15) is 57.0 Å². The minimum Gasteiger partial charge on any atom is -0.774 e. The number of hydrogen-bond acceptors (Lipinski definition) is 7. The molecule has 0 spiro atoms. The van der Waals surface area contributed by atoms with Gasteiger partial charge >= 0.3 is 47.2 Å². The minimum absolute atomic E-state index is 0. The van der Waals surface area contributed by atoms with E-state index in [-0.39, 0.29) is 64.3 Å². The summed E-state index contributed by atoms with van der Waals surface area (Å²) in [6.45, 7) is 0. The summed E-state index contributed by atoms with van der Waals surface area (Å²) in [5, 5.41) is -2.62. The Bertz CT molecular complexity index is 1810. The maximum atomic E-state index is 14.0. The number of hydrogen-bond donors (Lipinski definition) is 0. The van der Waals surface area contributed by atoms with Crippen LogP contribution in [0.15, 0.2) is 53.4 Å². The van der Waals surface area contributed by atoms with Crippen LogP contribution in [0.5, 0.6) is 0 Å². The molecule has 6 nitrogen and oxygen atoms in total. The predicted molar refractivity (Wildman–Crippen MR) is 238 cm³/mol. The fraction of sp³-hybridized carbons (Fsp3) is 0.400. The monoisotopic (exact) mass is 1040 g/mol. The number of aryl methyl sites for hydroxylation is 4. The van der Waals surface area contributed by atoms with Crippen molar-refractivity contribution in [3.8, 4) is 0 Å². The smallest absolute Gasteiger partial charge is 0.774 e. The summed E-state index contributed by atoms with van der Waals surface area (Å²) in [4.78, 5) is -1.12. The molecule has 0 amide bonds. The van der Waals surface area contributed by atoms with Crippen LogP contribution in [0.25, 0.3) is 0 Å². The van der Waals surface area contributed by atoms with Gasteiger partial charge in [0.05, 0.1) is 10.8 Å². The maximum Gasteiger partial charge on any atom is 1.00 e. The van der Waals surface area contributed by atoms with Crippen molar-refractivity contribution in [2.75, 3.05) is 42.7 Å². The van der Waals surface area contributed by atoms with E-state index in [9.17, 15) is 39.5 Å². The SMILES string of the molecule is CO[Si](CCc1ccc(CCC(Cl)c2c(F)c(F)c(F)c(F)c2F)cc1)(OC)OC.CO[Si](CCc1ccc(CCC(Cl)c2c(F)c(F)c([S-])c(F)c2F)cc1)(OC)OC.[Na+].[SiH4].[SiH4]. The molecule has 4 aromatic carbocycles. The van der Waals surface area contributed by atoms with E-state index in [0.717, 1.165) is 22.3 Å². The maximum absolute atomic E-state index is 14.0. The Morgan fingerprint density at radius 3 is 0.905 bits per heavy atom. The van der Waals surface area contributed by atoms with Crippen LogP contribution >= 0.6 is 23.2 Å². The van der Waals surface area contributed by atoms with Gasteiger partial charge in [0, 0.05) is 65.9 Å². The summed E-state index contributed by atoms with van der Waals surface area (Å²) in [6, 6.07) is 16.1. The Balaban J connectivity index is 0.00000116. The van der Waals surface area contributed by atoms with Crippen molar-refractivity contribution in [2.24, 2.45) is 0 Å². The normalized spacial score (nSPS) is 12.3. The van der Waals surface area contributed by atoms with E-state index in [1.54, 1.807) is 21.3 Å². The fourth-order valence-electron chi connectivity index (χ4n) is 6.13. The second-order valence-electron chi connectivity index (χ2n) is 13.2. The molecule has 4 rings (SSSR count). The summed E-state index contributed by atoms with van der Waals surface area (Å²) in [5.74, 6) is -16.3. The average Bonchev–Trinajstić information content (AvgIpc) is 3.27. The molecule has 63 heavy (non-hydrogen) atoms. The van der Waals surface area contributed by atoms with Gasteiger partial charge in [0.15, 0.2) is 34.9 Å². The van der Waals surface area contributed by atoms with Crippen molar-refractivity contribution in [1.29, 1.82) is 0 Å². The third-order valence-electron chi connectivity index (χ3n) is 9.85. The van der Waals surface area contributed by atoms with Crippen LogP contribution in [-0.2, 0) is 64.9 Å². The first-order valence-electron chi connectivity index (χ1n) is 18.2. The summed E-state index contributed by atoms with van der Waals surface area (Å²) >= 11 is 16.4. The third kappa shape index (κ3) is 15.9. The summed E-state index contributed by atoms with van der Waals surface area (Å²) in [5.41, 5.74) is 1.86. The predicted octanol–water partition coefficient (Wildman–Crippen LogP) is 5.30. The van der Waals surface area contributed by atoms with Gasteiger partial charge in [-0.3, -0.25) is 0 Å². The zero-order valence-electron chi connectivity index (χ0n) is 34.4. The van der Waals surface area contributed by atoms with E-state index in [1.165, 1.54) is 21.3 Å². The van der Waals surface area contributed by atoms with Crippen LogP contribution in [0.4, 0.5) is 39.5 Å². The van der Waals surface area contributed by atoms with Crippen molar-refractivity contribution in [3.05, 3.63) is 134 Å². The molecule has 0 N–H and O–H groups in total. The first-order valence-corrected chi connectivity index (χ1v) is 23.3. The standard InChI is InChI=1S/C20H22ClF5O3Si.C20H23ClF4O3SSi.Na.2H4Si/c1-27-30(28-2,29-3)11-10-13-6-4-12(5-7-13)8-9-14(21)15-16(22)18(24)20(26)19(25)17(15)23;1-26-30(27-2,28-3)11-10-13-6-4-12(5-7-13)8-9-14(21)15-16(22)18(24)20(29)19(25)17(15)23;;;/h4-7,14H,8-11H2,1-3H3;4-7,14,29H,8-11H2,1-3H3;;2*1H4/q;;+1;;/p-1. The molecule has 0 saturated carbocycles. The van der Waals surface area contributed by atoms with Gasteiger partial charge < -0.3 is 39.2 Å². The van der Waals surface area contributed by atoms with Crippen molar-refractivity contribution in [3.63, 3.8) is 0 Å². The molecule has 0 saturated heterocycles. The third-order valence-corrected chi connectivity index (χ3v) is 16.5. The number of rotatable bonds is 20. The molecule has 4 aromatic rings. The largest absolute Gasteiger partial charge is 1.00 e. The molecular weight excluding hydrogens is 986 g/mol. The Hall–Kier alpha value is -1.32. The molecule has 0 fully saturated rings. The molecule has 0 heterocycles. The fourth-order valence-corrected chi connectivity index (χ4v) is 10.3. The molecule has 0 aliphatic rings. The van der Waals surface area contributed by atoms with Crippen LogP contribution in [0.2, 0.25) is 12.1 Å². The minimum atomic E-state index is -2.68. The van der Waals surface area contributed by atoms with Crippen LogP contribution < -0.4 is 29.6 Å². The van der Waals surface area contributed by atoms with Gasteiger partial charge in [-0.05, 0) is 82.7 Å². The summed E-state index contributed by atoms with van der Waals surface area (Å²) < 4.78 is 155. The van der Waals surface area contributed by atoms with E-state index in [4.69, 9.17) is 49.8 Å². The van der Waals surface area contributed by atoms with Gasteiger partial charge in [0.25, 0.3) is 0 Å². The van der Waals surface area contributed by atoms with Gasteiger partial charge in [0.1, 0.15) is 11.6 Å². The first kappa shape index (κ1) is 61.7. The van der Waals surface area contributed by atoms with E-state index >= 15 is 0 Å². The first-order chi connectivity index (χ1) is 28.4. The zero-order valence-corrected chi connectivity index (χ0v) is 40.8. The molecule has 0 aromatic heterocycles. The van der Waals surface area contributed by atoms with Gasteiger partial charge in [-0.1, -0.05) is 53.4 Å². The Kier molecular flexibility index (Phi) is 28.2. The number of alkyl halides is 2. The topological polar surface area (TPSA) is 55.4 Å². The molecular formula is C40H52Cl2F9NaO6SSi4. The van der Waals surface area contributed by atoms with E-state index in [2.05, 4.69) is 12.6 Å². The molecule has 348 valence electrons. The molecule has 0 bridgehead atoms. The van der Waals surface area contributed by atoms with Gasteiger partial charge in [0.2, 0.25) is 5.82 Å². The van der Waals surface area contributed by atoms with Gasteiger partial charge in [-0.25, -0.2) is 39.5 Å². The van der Waals surface area contributed by atoms with Gasteiger partial charge in [-0.2, -0.15) is 0 Å². The van der Waals surface area contributed by atoms with Crippen molar-refractivity contribution in [2.45, 2.75) is 66.3 Å². The Morgan fingerprint density at radius 2 is 0.651 bits per heavy atom. The van der Waals surface area contributed by atoms with Crippen molar-refractivity contribution >= 4 is 75.4 Å². The van der Waals surface area contributed by atoms with Crippen molar-refractivity contribution in [1.82, 2.24) is 0 Å². The van der Waals surface area contributed by atoms with E-state index < -0.39 is 96.7 Å². The average molecular weight is 1040 g/mol. The number of halogens is 11. The van der Waals surface area contributed by atoms with Crippen molar-refractivity contribution < 1.29 is 95.6 Å². The molecule has 0 aliphatic heterocycles. The summed E-state index contributed by atoms with van der Waals surface area (Å²) in [7, 11) is 3.92. The van der Waals surface area contributed by atoms with E-state index in [0.29, 0.717) is 37.8 Å². The Labute approximate surface area is 411 Å². The van der Waals surface area contributed by atoms with Crippen LogP contribution in [-0.4, -0.2) is 82.2 Å².